The molecule has 1 aromatic carbocycles. The molecule has 0 unspecified atom stereocenters. The summed E-state index contributed by atoms with van der Waals surface area (Å²) in [6.45, 7) is 0.169. The number of hydrogen-bond acceptors (Lipinski definition) is 6. The van der Waals surface area contributed by atoms with Crippen LogP contribution in [-0.2, 0) is 6.54 Å². The van der Waals surface area contributed by atoms with Crippen LogP contribution >= 0.6 is 0 Å². The number of nitrogen functional groups attached to an aromatic ring is 1. The van der Waals surface area contributed by atoms with Gasteiger partial charge in [-0.1, -0.05) is 12.1 Å². The number of non-ortho nitro benzene ring substituents is 1. The van der Waals surface area contributed by atoms with Gasteiger partial charge < -0.3 is 10.7 Å². The highest BCUT2D eigenvalue weighted by Gasteiger charge is 2.09. The number of nitrogens with two attached hydrogens (primary N) is 1. The number of amides is 1. The number of anilines is 1. The van der Waals surface area contributed by atoms with Crippen LogP contribution < -0.4 is 16.6 Å². The molecule has 0 saturated carbocycles. The SMILES string of the molecule is NNc1ccnc(C(=O)NCc2cccc([N+](=O)[O-])c2)c1. The third kappa shape index (κ3) is 3.74. The Bertz CT molecular complexity index is 674. The summed E-state index contributed by atoms with van der Waals surface area (Å²) in [5, 5.41) is 13.3. The molecule has 0 aliphatic heterocycles. The second-order valence-corrected chi connectivity index (χ2v) is 4.18. The average molecular weight is 287 g/mol. The molecule has 8 heteroatoms. The first kappa shape index (κ1) is 14.4. The predicted octanol–water partition coefficient (Wildman–Crippen LogP) is 1.21. The van der Waals surface area contributed by atoms with E-state index in [-0.39, 0.29) is 17.9 Å². The summed E-state index contributed by atoms with van der Waals surface area (Å²) in [5.41, 5.74) is 3.80. The van der Waals surface area contributed by atoms with Crippen molar-refractivity contribution in [3.05, 3.63) is 64.0 Å². The normalized spacial score (nSPS) is 9.95. The minimum absolute atomic E-state index is 0.0193. The van der Waals surface area contributed by atoms with Crippen LogP contribution in [0.3, 0.4) is 0 Å². The lowest BCUT2D eigenvalue weighted by Gasteiger charge is -2.06. The lowest BCUT2D eigenvalue weighted by Crippen LogP contribution is -2.24. The number of pyridine rings is 1. The molecule has 2 aromatic rings. The van der Waals surface area contributed by atoms with Crippen LogP contribution in [0.4, 0.5) is 11.4 Å². The molecule has 8 nitrogen and oxygen atoms in total. The van der Waals surface area contributed by atoms with Gasteiger partial charge in [0, 0.05) is 24.9 Å². The molecule has 0 saturated heterocycles. The van der Waals surface area contributed by atoms with E-state index in [1.165, 1.54) is 24.4 Å². The quantitative estimate of drug-likeness (QED) is 0.431. The fourth-order valence-corrected chi connectivity index (χ4v) is 1.70. The van der Waals surface area contributed by atoms with Crippen molar-refractivity contribution < 1.29 is 9.72 Å². The van der Waals surface area contributed by atoms with E-state index in [0.29, 0.717) is 11.3 Å². The number of carbonyl (C=O) groups excluding carboxylic acids is 1. The molecule has 0 bridgehead atoms. The van der Waals surface area contributed by atoms with E-state index < -0.39 is 10.8 Å². The number of nitrogens with zero attached hydrogens (tertiary/aromatic N) is 2. The molecule has 4 N–H and O–H groups in total. The molecule has 1 heterocycles. The summed E-state index contributed by atoms with van der Waals surface area (Å²) in [4.78, 5) is 26.0. The number of nitro groups is 1. The van der Waals surface area contributed by atoms with Crippen LogP contribution in [0.5, 0.6) is 0 Å². The van der Waals surface area contributed by atoms with Gasteiger partial charge in [-0.25, -0.2) is 0 Å². The second-order valence-electron chi connectivity index (χ2n) is 4.18. The van der Waals surface area contributed by atoms with Gasteiger partial charge in [0.25, 0.3) is 11.6 Å². The van der Waals surface area contributed by atoms with E-state index in [9.17, 15) is 14.9 Å². The smallest absolute Gasteiger partial charge is 0.270 e. The van der Waals surface area contributed by atoms with Gasteiger partial charge in [-0.15, -0.1) is 0 Å². The van der Waals surface area contributed by atoms with Gasteiger partial charge in [0.05, 0.1) is 10.6 Å². The van der Waals surface area contributed by atoms with Gasteiger partial charge in [0.1, 0.15) is 5.69 Å². The van der Waals surface area contributed by atoms with Gasteiger partial charge in [-0.3, -0.25) is 25.7 Å². The molecule has 1 aromatic heterocycles. The largest absolute Gasteiger partial charge is 0.347 e. The molecule has 0 spiro atoms. The first-order valence-corrected chi connectivity index (χ1v) is 6.04. The van der Waals surface area contributed by atoms with Crippen molar-refractivity contribution in [3.63, 3.8) is 0 Å². The molecule has 21 heavy (non-hydrogen) atoms. The van der Waals surface area contributed by atoms with Crippen molar-refractivity contribution in [3.8, 4) is 0 Å². The number of hydrogen-bond donors (Lipinski definition) is 3. The second kappa shape index (κ2) is 6.44. The topological polar surface area (TPSA) is 123 Å². The van der Waals surface area contributed by atoms with Crippen molar-refractivity contribution in [1.82, 2.24) is 10.3 Å². The number of nitro benzene ring substituents is 1. The zero-order valence-electron chi connectivity index (χ0n) is 10.9. The summed E-state index contributed by atoms with van der Waals surface area (Å²) in [7, 11) is 0. The zero-order valence-corrected chi connectivity index (χ0v) is 10.9. The van der Waals surface area contributed by atoms with E-state index in [0.717, 1.165) is 0 Å². The number of carbonyl (C=O) groups is 1. The average Bonchev–Trinajstić information content (AvgIpc) is 2.53. The van der Waals surface area contributed by atoms with Crippen LogP contribution in [0, 0.1) is 10.1 Å². The number of nitrogens with one attached hydrogen (secondary N) is 2. The van der Waals surface area contributed by atoms with Gasteiger partial charge in [0.2, 0.25) is 0 Å². The highest BCUT2D eigenvalue weighted by molar-refractivity contribution is 5.93. The first-order valence-electron chi connectivity index (χ1n) is 6.04. The standard InChI is InChI=1S/C13H13N5O3/c14-17-10-4-5-15-12(7-10)13(19)16-8-9-2-1-3-11(6-9)18(20)21/h1-7H,8,14H2,(H,15,17)(H,16,19). The maximum Gasteiger partial charge on any atom is 0.270 e. The lowest BCUT2D eigenvalue weighted by molar-refractivity contribution is -0.384. The van der Waals surface area contributed by atoms with Crippen LogP contribution in [0.1, 0.15) is 16.1 Å². The molecule has 0 aliphatic rings. The molecule has 0 radical (unpaired) electrons. The Morgan fingerprint density at radius 3 is 2.86 bits per heavy atom. The number of hydrazine groups is 1. The minimum Gasteiger partial charge on any atom is -0.347 e. The first-order chi connectivity index (χ1) is 10.1. The summed E-state index contributed by atoms with van der Waals surface area (Å²) in [6.07, 6.45) is 1.46. The monoisotopic (exact) mass is 287 g/mol. The molecule has 0 aliphatic carbocycles. The van der Waals surface area contributed by atoms with Crippen LogP contribution in [0.15, 0.2) is 42.6 Å². The van der Waals surface area contributed by atoms with Crippen LogP contribution in [0.25, 0.3) is 0 Å². The van der Waals surface area contributed by atoms with Crippen LogP contribution in [-0.4, -0.2) is 15.8 Å². The molecule has 0 fully saturated rings. The molecule has 108 valence electrons. The fourth-order valence-electron chi connectivity index (χ4n) is 1.70. The Balaban J connectivity index is 2.03. The van der Waals surface area contributed by atoms with E-state index in [2.05, 4.69) is 15.7 Å². The summed E-state index contributed by atoms with van der Waals surface area (Å²) >= 11 is 0. The third-order valence-electron chi connectivity index (χ3n) is 2.73. The molecular formula is C13H13N5O3. The maximum atomic E-state index is 11.9. The van der Waals surface area contributed by atoms with Gasteiger partial charge in [-0.2, -0.15) is 0 Å². The zero-order chi connectivity index (χ0) is 15.2. The number of aromatic nitrogens is 1. The van der Waals surface area contributed by atoms with Crippen molar-refractivity contribution in [2.45, 2.75) is 6.54 Å². The fraction of sp³-hybridized carbons (Fsp3) is 0.0769. The molecule has 0 atom stereocenters. The van der Waals surface area contributed by atoms with Gasteiger partial charge in [-0.05, 0) is 17.7 Å². The minimum atomic E-state index is -0.483. The summed E-state index contributed by atoms with van der Waals surface area (Å²) in [5.74, 6) is 4.87. The summed E-state index contributed by atoms with van der Waals surface area (Å²) < 4.78 is 0. The number of benzene rings is 1. The summed E-state index contributed by atoms with van der Waals surface area (Å²) in [6, 6.07) is 9.18. The van der Waals surface area contributed by atoms with Crippen molar-refractivity contribution in [1.29, 1.82) is 0 Å². The molecular weight excluding hydrogens is 274 g/mol. The van der Waals surface area contributed by atoms with E-state index in [4.69, 9.17) is 5.84 Å². The van der Waals surface area contributed by atoms with E-state index >= 15 is 0 Å². The van der Waals surface area contributed by atoms with Crippen molar-refractivity contribution in [2.75, 3.05) is 5.43 Å². The Hall–Kier alpha value is -3.00. The van der Waals surface area contributed by atoms with Gasteiger partial charge >= 0.3 is 0 Å². The van der Waals surface area contributed by atoms with Crippen molar-refractivity contribution >= 4 is 17.3 Å². The number of rotatable bonds is 5. The molecule has 1 amide bonds. The highest BCUT2D eigenvalue weighted by atomic mass is 16.6. The highest BCUT2D eigenvalue weighted by Crippen LogP contribution is 2.13. The lowest BCUT2D eigenvalue weighted by atomic mass is 10.2. The van der Waals surface area contributed by atoms with Gasteiger partial charge in [0.15, 0.2) is 0 Å². The Labute approximate surface area is 120 Å². The van der Waals surface area contributed by atoms with E-state index in [1.54, 1.807) is 18.2 Å². The Kier molecular flexibility index (Phi) is 4.42. The maximum absolute atomic E-state index is 11.9. The predicted molar refractivity (Wildman–Crippen MR) is 76.3 cm³/mol. The molecule has 2 rings (SSSR count). The third-order valence-corrected chi connectivity index (χ3v) is 2.73. The van der Waals surface area contributed by atoms with Crippen molar-refractivity contribution in [2.24, 2.45) is 5.84 Å². The Morgan fingerprint density at radius 1 is 1.33 bits per heavy atom. The van der Waals surface area contributed by atoms with Crippen LogP contribution in [0.2, 0.25) is 0 Å². The Morgan fingerprint density at radius 2 is 2.14 bits per heavy atom. The van der Waals surface area contributed by atoms with E-state index in [1.807, 2.05) is 0 Å².